The monoisotopic (exact) mass is 325 g/mol. The van der Waals surface area contributed by atoms with Gasteiger partial charge in [0.25, 0.3) is 0 Å². The highest BCUT2D eigenvalue weighted by Gasteiger charge is 2.29. The van der Waals surface area contributed by atoms with E-state index in [0.717, 1.165) is 22.3 Å². The van der Waals surface area contributed by atoms with Crippen molar-refractivity contribution in [1.29, 1.82) is 0 Å². The molecular weight excluding hydrogens is 309 g/mol. The van der Waals surface area contributed by atoms with Crippen LogP contribution in [0.15, 0.2) is 36.4 Å². The molecule has 1 aromatic heterocycles. The van der Waals surface area contributed by atoms with E-state index in [2.05, 4.69) is 23.5 Å². The summed E-state index contributed by atoms with van der Waals surface area (Å²) in [6.07, 6.45) is 3.53. The molecule has 2 aromatic rings. The van der Waals surface area contributed by atoms with Gasteiger partial charge in [0, 0.05) is 22.5 Å². The lowest BCUT2D eigenvalue weighted by Crippen LogP contribution is -2.40. The molecule has 0 amide bonds. The van der Waals surface area contributed by atoms with E-state index < -0.39 is 0 Å². The summed E-state index contributed by atoms with van der Waals surface area (Å²) < 4.78 is 0.881. The summed E-state index contributed by atoms with van der Waals surface area (Å²) in [6, 6.07) is 13.0. The zero-order chi connectivity index (χ0) is 13.9. The molecule has 0 radical (unpaired) electrons. The maximum Gasteiger partial charge on any atom is 0.0931 e. The molecule has 0 atom stereocenters. The summed E-state index contributed by atoms with van der Waals surface area (Å²) >= 11 is 13.5. The highest BCUT2D eigenvalue weighted by molar-refractivity contribution is 7.16. The van der Waals surface area contributed by atoms with Crippen LogP contribution >= 0.6 is 34.5 Å². The molecule has 0 spiro atoms. The number of thiophene rings is 1. The van der Waals surface area contributed by atoms with Crippen molar-refractivity contribution in [3.05, 3.63) is 56.2 Å². The summed E-state index contributed by atoms with van der Waals surface area (Å²) in [5, 5.41) is 4.44. The minimum atomic E-state index is 0.658. The molecule has 1 fully saturated rings. The van der Waals surface area contributed by atoms with Gasteiger partial charge in [-0.3, -0.25) is 0 Å². The Morgan fingerprint density at radius 2 is 1.80 bits per heavy atom. The fourth-order valence-electron chi connectivity index (χ4n) is 2.68. The van der Waals surface area contributed by atoms with E-state index in [1.165, 1.54) is 23.3 Å². The molecule has 3 rings (SSSR count). The first-order chi connectivity index (χ1) is 9.70. The Morgan fingerprint density at radius 1 is 1.05 bits per heavy atom. The van der Waals surface area contributed by atoms with Crippen LogP contribution < -0.4 is 5.32 Å². The van der Waals surface area contributed by atoms with Gasteiger partial charge in [-0.25, -0.2) is 0 Å². The fraction of sp³-hybridized carbons (Fsp3) is 0.375. The lowest BCUT2D eigenvalue weighted by atomic mass is 9.76. The average Bonchev–Trinajstić information content (AvgIpc) is 2.80. The van der Waals surface area contributed by atoms with Crippen LogP contribution in [0.1, 0.15) is 29.2 Å². The molecule has 1 aliphatic rings. The predicted molar refractivity (Wildman–Crippen MR) is 88.3 cm³/mol. The standard InChI is InChI=1S/C16H17Cl2NS/c17-13-3-1-11(2-4-13)12-9-14(10-12)19-8-7-15-5-6-16(18)20-15/h1-6,12,14,19H,7-10H2. The molecule has 1 saturated carbocycles. The van der Waals surface area contributed by atoms with Crippen LogP contribution in [0, 0.1) is 0 Å². The van der Waals surface area contributed by atoms with Crippen LogP contribution in [-0.2, 0) is 6.42 Å². The zero-order valence-corrected chi connectivity index (χ0v) is 13.4. The lowest BCUT2D eigenvalue weighted by Gasteiger charge is -2.36. The average molecular weight is 326 g/mol. The highest BCUT2D eigenvalue weighted by Crippen LogP contribution is 2.37. The Bertz CT molecular complexity index is 558. The summed E-state index contributed by atoms with van der Waals surface area (Å²) in [6.45, 7) is 1.04. The van der Waals surface area contributed by atoms with Crippen LogP contribution in [0.4, 0.5) is 0 Å². The van der Waals surface area contributed by atoms with Gasteiger partial charge in [0.1, 0.15) is 0 Å². The Labute approximate surface area is 133 Å². The van der Waals surface area contributed by atoms with Crippen LogP contribution in [0.25, 0.3) is 0 Å². The summed E-state index contributed by atoms with van der Waals surface area (Å²) in [5.74, 6) is 0.695. The van der Waals surface area contributed by atoms with E-state index in [-0.39, 0.29) is 0 Å². The number of hydrogen-bond donors (Lipinski definition) is 1. The molecule has 1 aliphatic carbocycles. The van der Waals surface area contributed by atoms with Crippen LogP contribution in [0.5, 0.6) is 0 Å². The maximum absolute atomic E-state index is 5.93. The zero-order valence-electron chi connectivity index (χ0n) is 11.1. The maximum atomic E-state index is 5.93. The number of rotatable bonds is 5. The molecule has 1 heterocycles. The second-order valence-corrected chi connectivity index (χ2v) is 7.56. The minimum Gasteiger partial charge on any atom is -0.314 e. The predicted octanol–water partition coefficient (Wildman–Crippen LogP) is 5.13. The quantitative estimate of drug-likeness (QED) is 0.803. The first-order valence-corrected chi connectivity index (χ1v) is 8.51. The molecule has 0 unspecified atom stereocenters. The van der Waals surface area contributed by atoms with E-state index in [0.29, 0.717) is 12.0 Å². The second kappa shape index (κ2) is 6.48. The van der Waals surface area contributed by atoms with Gasteiger partial charge in [0.05, 0.1) is 4.34 Å². The molecule has 4 heteroatoms. The number of nitrogens with one attached hydrogen (secondary N) is 1. The van der Waals surface area contributed by atoms with Crippen molar-refractivity contribution in [3.63, 3.8) is 0 Å². The molecular formula is C16H17Cl2NS. The number of halogens is 2. The lowest BCUT2D eigenvalue weighted by molar-refractivity contribution is 0.293. The van der Waals surface area contributed by atoms with E-state index in [1.807, 2.05) is 18.2 Å². The van der Waals surface area contributed by atoms with Crippen molar-refractivity contribution in [2.45, 2.75) is 31.2 Å². The van der Waals surface area contributed by atoms with E-state index in [1.54, 1.807) is 11.3 Å². The summed E-state index contributed by atoms with van der Waals surface area (Å²) in [4.78, 5) is 1.36. The van der Waals surface area contributed by atoms with Gasteiger partial charge < -0.3 is 5.32 Å². The second-order valence-electron chi connectivity index (χ2n) is 5.33. The minimum absolute atomic E-state index is 0.658. The third-order valence-electron chi connectivity index (χ3n) is 3.91. The molecule has 106 valence electrons. The van der Waals surface area contributed by atoms with Crippen molar-refractivity contribution in [2.75, 3.05) is 6.54 Å². The normalized spacial score (nSPS) is 21.7. The van der Waals surface area contributed by atoms with E-state index in [9.17, 15) is 0 Å². The molecule has 0 bridgehead atoms. The molecule has 1 N–H and O–H groups in total. The van der Waals surface area contributed by atoms with Gasteiger partial charge >= 0.3 is 0 Å². The Hall–Kier alpha value is -0.540. The van der Waals surface area contributed by atoms with Crippen molar-refractivity contribution >= 4 is 34.5 Å². The van der Waals surface area contributed by atoms with Gasteiger partial charge in [-0.05, 0) is 55.0 Å². The third kappa shape index (κ3) is 3.56. The van der Waals surface area contributed by atoms with Crippen molar-refractivity contribution in [3.8, 4) is 0 Å². The first-order valence-electron chi connectivity index (χ1n) is 6.94. The number of benzene rings is 1. The Morgan fingerprint density at radius 3 is 2.45 bits per heavy atom. The van der Waals surface area contributed by atoms with E-state index >= 15 is 0 Å². The van der Waals surface area contributed by atoms with Gasteiger partial charge in [0.15, 0.2) is 0 Å². The fourth-order valence-corrected chi connectivity index (χ4v) is 3.89. The van der Waals surface area contributed by atoms with Crippen molar-refractivity contribution in [2.24, 2.45) is 0 Å². The SMILES string of the molecule is Clc1ccc(C2CC(NCCc3ccc(Cl)s3)C2)cc1. The topological polar surface area (TPSA) is 12.0 Å². The van der Waals surface area contributed by atoms with Crippen molar-refractivity contribution < 1.29 is 0 Å². The van der Waals surface area contributed by atoms with Crippen LogP contribution in [-0.4, -0.2) is 12.6 Å². The smallest absolute Gasteiger partial charge is 0.0931 e. The summed E-state index contributed by atoms with van der Waals surface area (Å²) in [7, 11) is 0. The largest absolute Gasteiger partial charge is 0.314 e. The van der Waals surface area contributed by atoms with Gasteiger partial charge in [-0.15, -0.1) is 11.3 Å². The molecule has 0 aliphatic heterocycles. The Kier molecular flexibility index (Phi) is 4.67. The van der Waals surface area contributed by atoms with Gasteiger partial charge in [-0.2, -0.15) is 0 Å². The molecule has 1 nitrogen and oxygen atoms in total. The van der Waals surface area contributed by atoms with Crippen molar-refractivity contribution in [1.82, 2.24) is 5.32 Å². The Balaban J connectivity index is 1.39. The molecule has 1 aromatic carbocycles. The highest BCUT2D eigenvalue weighted by atomic mass is 35.5. The molecule has 20 heavy (non-hydrogen) atoms. The molecule has 0 saturated heterocycles. The first kappa shape index (κ1) is 14.4. The third-order valence-corrected chi connectivity index (χ3v) is 5.46. The number of hydrogen-bond acceptors (Lipinski definition) is 2. The van der Waals surface area contributed by atoms with Crippen LogP contribution in [0.2, 0.25) is 9.36 Å². The summed E-state index contributed by atoms with van der Waals surface area (Å²) in [5.41, 5.74) is 1.41. The van der Waals surface area contributed by atoms with E-state index in [4.69, 9.17) is 23.2 Å². The van der Waals surface area contributed by atoms with Gasteiger partial charge in [-0.1, -0.05) is 35.3 Å². The van der Waals surface area contributed by atoms with Gasteiger partial charge in [0.2, 0.25) is 0 Å². The van der Waals surface area contributed by atoms with Crippen LogP contribution in [0.3, 0.4) is 0 Å².